The third-order valence-corrected chi connectivity index (χ3v) is 3.67. The lowest BCUT2D eigenvalue weighted by molar-refractivity contribution is -0.134. The van der Waals surface area contributed by atoms with Crippen molar-refractivity contribution < 1.29 is 23.8 Å². The van der Waals surface area contributed by atoms with Crippen molar-refractivity contribution in [2.24, 2.45) is 0 Å². The standard InChI is InChI=1S/C19H18O5/c1-13-2-5-15(6-3-13)24-19(21)9-7-16(20)14-4-8-17-18(12-14)23-11-10-22-17/h2-6,8,12H,7,9-11H2,1H3. The lowest BCUT2D eigenvalue weighted by Gasteiger charge is -2.18. The zero-order chi connectivity index (χ0) is 16.9. The summed E-state index contributed by atoms with van der Waals surface area (Å²) in [5.74, 6) is 1.13. The SMILES string of the molecule is Cc1ccc(OC(=O)CCC(=O)c2ccc3c(c2)OCCO3)cc1. The number of esters is 1. The molecule has 0 spiro atoms. The van der Waals surface area contributed by atoms with E-state index in [4.69, 9.17) is 14.2 Å². The van der Waals surface area contributed by atoms with Gasteiger partial charge >= 0.3 is 5.97 Å². The van der Waals surface area contributed by atoms with E-state index in [1.165, 1.54) is 0 Å². The number of ketones is 1. The van der Waals surface area contributed by atoms with Gasteiger partial charge in [-0.05, 0) is 37.3 Å². The largest absolute Gasteiger partial charge is 0.486 e. The number of benzene rings is 2. The predicted octanol–water partition coefficient (Wildman–Crippen LogP) is 3.33. The van der Waals surface area contributed by atoms with Crippen LogP contribution < -0.4 is 14.2 Å². The molecule has 124 valence electrons. The number of ether oxygens (including phenoxy) is 3. The van der Waals surface area contributed by atoms with E-state index < -0.39 is 5.97 Å². The van der Waals surface area contributed by atoms with Crippen molar-refractivity contribution in [3.63, 3.8) is 0 Å². The Balaban J connectivity index is 1.55. The number of rotatable bonds is 5. The van der Waals surface area contributed by atoms with Gasteiger partial charge < -0.3 is 14.2 Å². The zero-order valence-corrected chi connectivity index (χ0v) is 13.4. The Morgan fingerprint density at radius 2 is 1.67 bits per heavy atom. The van der Waals surface area contributed by atoms with E-state index in [-0.39, 0.29) is 18.6 Å². The lowest BCUT2D eigenvalue weighted by Crippen LogP contribution is -2.16. The van der Waals surface area contributed by atoms with Crippen molar-refractivity contribution in [1.82, 2.24) is 0 Å². The minimum absolute atomic E-state index is 0.0289. The first-order valence-electron chi connectivity index (χ1n) is 7.82. The Hall–Kier alpha value is -2.82. The summed E-state index contributed by atoms with van der Waals surface area (Å²) in [4.78, 5) is 24.1. The molecular formula is C19H18O5. The van der Waals surface area contributed by atoms with Crippen LogP contribution in [0.1, 0.15) is 28.8 Å². The number of aryl methyl sites for hydroxylation is 1. The number of hydrogen-bond donors (Lipinski definition) is 0. The minimum Gasteiger partial charge on any atom is -0.486 e. The van der Waals surface area contributed by atoms with Crippen LogP contribution in [0, 0.1) is 6.92 Å². The Morgan fingerprint density at radius 3 is 2.42 bits per heavy atom. The summed E-state index contributed by atoms with van der Waals surface area (Å²) in [6.45, 7) is 2.93. The van der Waals surface area contributed by atoms with E-state index in [0.29, 0.717) is 36.0 Å². The molecule has 0 radical (unpaired) electrons. The van der Waals surface area contributed by atoms with Crippen LogP contribution in [-0.2, 0) is 4.79 Å². The summed E-state index contributed by atoms with van der Waals surface area (Å²) < 4.78 is 16.1. The second kappa shape index (κ2) is 7.17. The summed E-state index contributed by atoms with van der Waals surface area (Å²) in [6, 6.07) is 12.2. The lowest BCUT2D eigenvalue weighted by atomic mass is 10.1. The van der Waals surface area contributed by atoms with E-state index in [1.54, 1.807) is 30.3 Å². The summed E-state index contributed by atoms with van der Waals surface area (Å²) >= 11 is 0. The van der Waals surface area contributed by atoms with Gasteiger partial charge in [0.05, 0.1) is 6.42 Å². The highest BCUT2D eigenvalue weighted by atomic mass is 16.6. The van der Waals surface area contributed by atoms with Gasteiger partial charge in [-0.2, -0.15) is 0 Å². The second-order valence-corrected chi connectivity index (χ2v) is 5.57. The first-order valence-corrected chi connectivity index (χ1v) is 7.82. The molecule has 5 nitrogen and oxygen atoms in total. The van der Waals surface area contributed by atoms with Gasteiger partial charge in [0, 0.05) is 12.0 Å². The molecule has 0 N–H and O–H groups in total. The average molecular weight is 326 g/mol. The van der Waals surface area contributed by atoms with E-state index >= 15 is 0 Å². The third-order valence-electron chi connectivity index (χ3n) is 3.67. The smallest absolute Gasteiger partial charge is 0.311 e. The molecule has 0 amide bonds. The van der Waals surface area contributed by atoms with Gasteiger partial charge in [-0.15, -0.1) is 0 Å². The molecule has 0 unspecified atom stereocenters. The molecule has 0 saturated carbocycles. The van der Waals surface area contributed by atoms with Gasteiger partial charge in [0.15, 0.2) is 17.3 Å². The number of carbonyl (C=O) groups is 2. The van der Waals surface area contributed by atoms with Crippen LogP contribution in [0.2, 0.25) is 0 Å². The van der Waals surface area contributed by atoms with Gasteiger partial charge in [0.1, 0.15) is 19.0 Å². The van der Waals surface area contributed by atoms with Crippen LogP contribution in [0.5, 0.6) is 17.2 Å². The van der Waals surface area contributed by atoms with Gasteiger partial charge in [-0.1, -0.05) is 17.7 Å². The van der Waals surface area contributed by atoms with Crippen LogP contribution in [0.15, 0.2) is 42.5 Å². The molecule has 3 rings (SSSR count). The number of hydrogen-bond acceptors (Lipinski definition) is 5. The average Bonchev–Trinajstić information content (AvgIpc) is 2.61. The molecule has 2 aromatic rings. The van der Waals surface area contributed by atoms with E-state index in [1.807, 2.05) is 19.1 Å². The van der Waals surface area contributed by atoms with Gasteiger partial charge in [-0.25, -0.2) is 0 Å². The van der Waals surface area contributed by atoms with Crippen molar-refractivity contribution in [3.05, 3.63) is 53.6 Å². The topological polar surface area (TPSA) is 61.8 Å². The molecule has 1 aliphatic rings. The van der Waals surface area contributed by atoms with Crippen LogP contribution in [-0.4, -0.2) is 25.0 Å². The Bertz CT molecular complexity index is 749. The highest BCUT2D eigenvalue weighted by Crippen LogP contribution is 2.31. The number of carbonyl (C=O) groups excluding carboxylic acids is 2. The fourth-order valence-electron chi connectivity index (χ4n) is 2.37. The maximum atomic E-state index is 12.2. The van der Waals surface area contributed by atoms with Crippen molar-refractivity contribution in [2.75, 3.05) is 13.2 Å². The maximum Gasteiger partial charge on any atom is 0.311 e. The normalized spacial score (nSPS) is 12.5. The fraction of sp³-hybridized carbons (Fsp3) is 0.263. The molecule has 0 saturated heterocycles. The van der Waals surface area contributed by atoms with Crippen molar-refractivity contribution in [3.8, 4) is 17.2 Å². The molecule has 0 fully saturated rings. The first-order chi connectivity index (χ1) is 11.6. The van der Waals surface area contributed by atoms with Crippen LogP contribution in [0.25, 0.3) is 0 Å². The predicted molar refractivity (Wildman–Crippen MR) is 87.8 cm³/mol. The fourth-order valence-corrected chi connectivity index (χ4v) is 2.37. The first kappa shape index (κ1) is 16.1. The maximum absolute atomic E-state index is 12.2. The van der Waals surface area contributed by atoms with Crippen LogP contribution >= 0.6 is 0 Å². The summed E-state index contributed by atoms with van der Waals surface area (Å²) in [6.07, 6.45) is 0.117. The Morgan fingerprint density at radius 1 is 0.958 bits per heavy atom. The molecular weight excluding hydrogens is 308 g/mol. The molecule has 0 atom stereocenters. The number of Topliss-reactive ketones (excluding diaryl/α,β-unsaturated/α-hetero) is 1. The molecule has 1 aliphatic heterocycles. The van der Waals surface area contributed by atoms with Gasteiger partial charge in [0.25, 0.3) is 0 Å². The third kappa shape index (κ3) is 3.93. The molecule has 24 heavy (non-hydrogen) atoms. The molecule has 2 aromatic carbocycles. The molecule has 5 heteroatoms. The van der Waals surface area contributed by atoms with Crippen LogP contribution in [0.4, 0.5) is 0 Å². The molecule has 1 heterocycles. The van der Waals surface area contributed by atoms with Crippen LogP contribution in [0.3, 0.4) is 0 Å². The molecule has 0 bridgehead atoms. The van der Waals surface area contributed by atoms with E-state index in [9.17, 15) is 9.59 Å². The minimum atomic E-state index is -0.426. The summed E-state index contributed by atoms with van der Waals surface area (Å²) in [7, 11) is 0. The highest BCUT2D eigenvalue weighted by molar-refractivity contribution is 5.98. The van der Waals surface area contributed by atoms with Gasteiger partial charge in [0.2, 0.25) is 0 Å². The van der Waals surface area contributed by atoms with Crippen molar-refractivity contribution in [1.29, 1.82) is 0 Å². The molecule has 0 aliphatic carbocycles. The molecule has 0 aromatic heterocycles. The quantitative estimate of drug-likeness (QED) is 0.479. The van der Waals surface area contributed by atoms with Crippen molar-refractivity contribution >= 4 is 11.8 Å². The summed E-state index contributed by atoms with van der Waals surface area (Å²) in [5.41, 5.74) is 1.59. The zero-order valence-electron chi connectivity index (χ0n) is 13.4. The summed E-state index contributed by atoms with van der Waals surface area (Å²) in [5, 5.41) is 0. The van der Waals surface area contributed by atoms with E-state index in [2.05, 4.69) is 0 Å². The second-order valence-electron chi connectivity index (χ2n) is 5.57. The Kier molecular flexibility index (Phi) is 4.79. The number of fused-ring (bicyclic) bond motifs is 1. The monoisotopic (exact) mass is 326 g/mol. The van der Waals surface area contributed by atoms with Crippen molar-refractivity contribution in [2.45, 2.75) is 19.8 Å². The Labute approximate surface area is 140 Å². The van der Waals surface area contributed by atoms with E-state index in [0.717, 1.165) is 5.56 Å². The highest BCUT2D eigenvalue weighted by Gasteiger charge is 2.16. The van der Waals surface area contributed by atoms with Gasteiger partial charge in [-0.3, -0.25) is 9.59 Å².